The van der Waals surface area contributed by atoms with E-state index >= 15 is 0 Å². The van der Waals surface area contributed by atoms with Gasteiger partial charge >= 0.3 is 17.9 Å². The van der Waals surface area contributed by atoms with Crippen LogP contribution in [0, 0.1) is 0 Å². The van der Waals surface area contributed by atoms with Gasteiger partial charge in [0, 0.05) is 19.3 Å². The first-order valence-corrected chi connectivity index (χ1v) is 24.0. The van der Waals surface area contributed by atoms with Gasteiger partial charge in [-0.15, -0.1) is 0 Å². The molecule has 6 heteroatoms. The van der Waals surface area contributed by atoms with E-state index < -0.39 is 6.10 Å². The third-order valence-corrected chi connectivity index (χ3v) is 10.4. The predicted molar refractivity (Wildman–Crippen MR) is 238 cm³/mol. The molecule has 326 valence electrons. The monoisotopic (exact) mass is 787 g/mol. The van der Waals surface area contributed by atoms with Crippen molar-refractivity contribution >= 4 is 17.9 Å². The second-order valence-electron chi connectivity index (χ2n) is 16.0. The van der Waals surface area contributed by atoms with Crippen LogP contribution in [0.1, 0.15) is 245 Å². The Morgan fingerprint density at radius 3 is 1.09 bits per heavy atom. The lowest BCUT2D eigenvalue weighted by Crippen LogP contribution is -2.30. The lowest BCUT2D eigenvalue weighted by Gasteiger charge is -2.18. The molecule has 0 radical (unpaired) electrons. The summed E-state index contributed by atoms with van der Waals surface area (Å²) in [7, 11) is 0. The third kappa shape index (κ3) is 42.8. The number of unbranched alkanes of at least 4 members (excludes halogenated alkanes) is 26. The van der Waals surface area contributed by atoms with Gasteiger partial charge in [-0.25, -0.2) is 0 Å². The molecule has 0 aromatic rings. The van der Waals surface area contributed by atoms with Gasteiger partial charge in [0.1, 0.15) is 13.2 Å². The molecule has 0 heterocycles. The minimum atomic E-state index is -0.772. The largest absolute Gasteiger partial charge is 0.462 e. The summed E-state index contributed by atoms with van der Waals surface area (Å²) in [5.41, 5.74) is 0. The molecule has 0 aliphatic rings. The van der Waals surface area contributed by atoms with Gasteiger partial charge in [0.15, 0.2) is 6.10 Å². The van der Waals surface area contributed by atoms with Gasteiger partial charge in [0.05, 0.1) is 0 Å². The van der Waals surface area contributed by atoms with Gasteiger partial charge in [0.2, 0.25) is 0 Å². The molecule has 6 nitrogen and oxygen atoms in total. The van der Waals surface area contributed by atoms with Crippen LogP contribution in [0.2, 0.25) is 0 Å². The Bertz CT molecular complexity index is 953. The Labute approximate surface area is 346 Å². The molecule has 0 aromatic carbocycles. The zero-order chi connectivity index (χ0) is 40.8. The Morgan fingerprint density at radius 2 is 0.661 bits per heavy atom. The molecule has 1 unspecified atom stereocenters. The van der Waals surface area contributed by atoms with Gasteiger partial charge in [-0.05, 0) is 70.6 Å². The topological polar surface area (TPSA) is 78.9 Å². The van der Waals surface area contributed by atoms with Crippen LogP contribution in [-0.2, 0) is 28.6 Å². The fourth-order valence-corrected chi connectivity index (χ4v) is 6.69. The summed E-state index contributed by atoms with van der Waals surface area (Å²) in [5, 5.41) is 0. The second kappa shape index (κ2) is 45.3. The van der Waals surface area contributed by atoms with Gasteiger partial charge in [-0.2, -0.15) is 0 Å². The first-order valence-electron chi connectivity index (χ1n) is 24.0. The highest BCUT2D eigenvalue weighted by Gasteiger charge is 2.19. The number of esters is 3. The number of hydrogen-bond acceptors (Lipinski definition) is 6. The number of rotatable bonds is 43. The van der Waals surface area contributed by atoms with E-state index in [2.05, 4.69) is 57.2 Å². The predicted octanol–water partition coefficient (Wildman–Crippen LogP) is 15.4. The molecule has 0 N–H and O–H groups in total. The summed E-state index contributed by atoms with van der Waals surface area (Å²) in [6.45, 7) is 6.54. The molecule has 56 heavy (non-hydrogen) atoms. The van der Waals surface area contributed by atoms with Crippen molar-refractivity contribution in [2.75, 3.05) is 13.2 Å². The number of carbonyl (C=O) groups excluding carboxylic acids is 3. The standard InChI is InChI=1S/C50H90O6/c1-4-7-10-13-16-19-21-22-23-24-25-26-27-28-30-31-34-37-40-43-49(52)55-46-47(45-54-48(51)42-39-36-33-18-15-12-9-6-3)56-50(53)44-41-38-35-32-29-20-17-14-11-8-5-2/h14,16-17,19,22-23,47H,4-13,15,18,20-21,24-46H2,1-3H3/b17-14-,19-16-,23-22-. The van der Waals surface area contributed by atoms with Crippen LogP contribution in [0.4, 0.5) is 0 Å². The molecule has 0 amide bonds. The molecule has 0 saturated carbocycles. The molecule has 0 saturated heterocycles. The summed E-state index contributed by atoms with van der Waals surface area (Å²) < 4.78 is 16.7. The van der Waals surface area contributed by atoms with Crippen LogP contribution in [0.15, 0.2) is 36.5 Å². The van der Waals surface area contributed by atoms with Crippen molar-refractivity contribution in [2.45, 2.75) is 252 Å². The molecule has 0 aliphatic heterocycles. The average Bonchev–Trinajstić information content (AvgIpc) is 3.19. The van der Waals surface area contributed by atoms with E-state index in [1.165, 1.54) is 128 Å². The third-order valence-electron chi connectivity index (χ3n) is 10.4. The molecule has 0 aliphatic carbocycles. The maximum absolute atomic E-state index is 12.7. The zero-order valence-corrected chi connectivity index (χ0v) is 37.2. The van der Waals surface area contributed by atoms with Crippen LogP contribution in [0.5, 0.6) is 0 Å². The Balaban J connectivity index is 4.25. The lowest BCUT2D eigenvalue weighted by molar-refractivity contribution is -0.167. The van der Waals surface area contributed by atoms with Crippen molar-refractivity contribution in [1.29, 1.82) is 0 Å². The van der Waals surface area contributed by atoms with Crippen LogP contribution in [0.3, 0.4) is 0 Å². The zero-order valence-electron chi connectivity index (χ0n) is 37.2. The minimum absolute atomic E-state index is 0.0752. The normalized spacial score (nSPS) is 12.3. The van der Waals surface area contributed by atoms with Crippen molar-refractivity contribution in [3.63, 3.8) is 0 Å². The van der Waals surface area contributed by atoms with E-state index in [4.69, 9.17) is 14.2 Å². The summed E-state index contributed by atoms with van der Waals surface area (Å²) in [5.74, 6) is -0.890. The highest BCUT2D eigenvalue weighted by molar-refractivity contribution is 5.71. The van der Waals surface area contributed by atoms with E-state index in [0.29, 0.717) is 19.3 Å². The Hall–Kier alpha value is -2.37. The maximum Gasteiger partial charge on any atom is 0.306 e. The quantitative estimate of drug-likeness (QED) is 0.0265. The van der Waals surface area contributed by atoms with Gasteiger partial charge in [-0.1, -0.05) is 192 Å². The Morgan fingerprint density at radius 1 is 0.357 bits per heavy atom. The molecule has 0 aromatic heterocycles. The molecule has 1 atom stereocenters. The van der Waals surface area contributed by atoms with E-state index in [1.54, 1.807) is 0 Å². The fraction of sp³-hybridized carbons (Fsp3) is 0.820. The number of allylic oxidation sites excluding steroid dienone is 6. The van der Waals surface area contributed by atoms with Crippen LogP contribution >= 0.6 is 0 Å². The molecular formula is C50H90O6. The Kier molecular flexibility index (Phi) is 43.4. The second-order valence-corrected chi connectivity index (χ2v) is 16.0. The van der Waals surface area contributed by atoms with Gasteiger partial charge in [0.25, 0.3) is 0 Å². The molecular weight excluding hydrogens is 697 g/mol. The SMILES string of the molecule is CCCC/C=C\CCCCCCCC(=O)OC(COC(=O)CCCCCCCCCC)COC(=O)CCCCCCCCCCC/C=C\C/C=C\CCCCC. The smallest absolute Gasteiger partial charge is 0.306 e. The molecule has 0 bridgehead atoms. The van der Waals surface area contributed by atoms with Gasteiger partial charge in [-0.3, -0.25) is 14.4 Å². The average molecular weight is 787 g/mol. The molecule has 0 rings (SSSR count). The van der Waals surface area contributed by atoms with Crippen molar-refractivity contribution in [1.82, 2.24) is 0 Å². The fourth-order valence-electron chi connectivity index (χ4n) is 6.69. The maximum atomic E-state index is 12.7. The number of hydrogen-bond donors (Lipinski definition) is 0. The van der Waals surface area contributed by atoms with E-state index in [1.807, 2.05) is 0 Å². The van der Waals surface area contributed by atoms with Crippen molar-refractivity contribution in [2.24, 2.45) is 0 Å². The highest BCUT2D eigenvalue weighted by Crippen LogP contribution is 2.14. The molecule has 0 fully saturated rings. The molecule has 0 spiro atoms. The first-order chi connectivity index (χ1) is 27.5. The number of ether oxygens (including phenoxy) is 3. The highest BCUT2D eigenvalue weighted by atomic mass is 16.6. The minimum Gasteiger partial charge on any atom is -0.462 e. The summed E-state index contributed by atoms with van der Waals surface area (Å²) >= 11 is 0. The summed E-state index contributed by atoms with van der Waals surface area (Å²) in [4.78, 5) is 37.7. The van der Waals surface area contributed by atoms with Crippen LogP contribution in [-0.4, -0.2) is 37.2 Å². The van der Waals surface area contributed by atoms with Crippen LogP contribution in [0.25, 0.3) is 0 Å². The van der Waals surface area contributed by atoms with Crippen molar-refractivity contribution in [3.8, 4) is 0 Å². The lowest BCUT2D eigenvalue weighted by atomic mass is 10.1. The van der Waals surface area contributed by atoms with Crippen molar-refractivity contribution < 1.29 is 28.6 Å². The first kappa shape index (κ1) is 53.6. The summed E-state index contributed by atoms with van der Waals surface area (Å²) in [6, 6.07) is 0. The van der Waals surface area contributed by atoms with Crippen molar-refractivity contribution in [3.05, 3.63) is 36.5 Å². The van der Waals surface area contributed by atoms with E-state index in [9.17, 15) is 14.4 Å². The van der Waals surface area contributed by atoms with E-state index in [-0.39, 0.29) is 31.1 Å². The van der Waals surface area contributed by atoms with Crippen LogP contribution < -0.4 is 0 Å². The number of carbonyl (C=O) groups is 3. The summed E-state index contributed by atoms with van der Waals surface area (Å²) in [6.07, 6.45) is 51.3. The van der Waals surface area contributed by atoms with E-state index in [0.717, 1.165) is 77.0 Å². The van der Waals surface area contributed by atoms with Gasteiger partial charge < -0.3 is 14.2 Å².